The number of fused-ring (bicyclic) bond motifs is 1. The van der Waals surface area contributed by atoms with Crippen molar-refractivity contribution in [3.05, 3.63) is 36.0 Å². The molecule has 0 atom stereocenters. The molecular weight excluding hydrogens is 270 g/mol. The second-order valence-corrected chi connectivity index (χ2v) is 5.55. The number of amides is 1. The standard InChI is InChI=1S/C15H17N3OS/c19-15(18-12-4-6-16-7-5-12)11-8-10-2-1-3-13(20)14(10)17-9-11/h1-3,8-9,12,16,20H,4-7H2,(H,18,19). The molecule has 0 saturated carbocycles. The third kappa shape index (κ3) is 2.78. The van der Waals surface area contributed by atoms with Crippen LogP contribution in [0.4, 0.5) is 0 Å². The highest BCUT2D eigenvalue weighted by atomic mass is 32.1. The van der Waals surface area contributed by atoms with E-state index in [1.54, 1.807) is 6.20 Å². The minimum atomic E-state index is -0.0455. The number of carbonyl (C=O) groups is 1. The third-order valence-electron chi connectivity index (χ3n) is 3.63. The summed E-state index contributed by atoms with van der Waals surface area (Å²) in [6, 6.07) is 7.89. The second kappa shape index (κ2) is 5.81. The van der Waals surface area contributed by atoms with Gasteiger partial charge in [0.15, 0.2) is 0 Å². The fourth-order valence-electron chi connectivity index (χ4n) is 2.50. The van der Waals surface area contributed by atoms with Gasteiger partial charge in [-0.2, -0.15) is 0 Å². The Hall–Kier alpha value is -1.59. The van der Waals surface area contributed by atoms with E-state index in [2.05, 4.69) is 28.2 Å². The molecule has 1 aliphatic heterocycles. The Balaban J connectivity index is 1.80. The van der Waals surface area contributed by atoms with E-state index in [9.17, 15) is 4.79 Å². The zero-order chi connectivity index (χ0) is 13.9. The molecule has 4 nitrogen and oxygen atoms in total. The van der Waals surface area contributed by atoms with Gasteiger partial charge in [0, 0.05) is 22.5 Å². The van der Waals surface area contributed by atoms with Gasteiger partial charge in [-0.25, -0.2) is 0 Å². The molecule has 1 aromatic heterocycles. The fourth-order valence-corrected chi connectivity index (χ4v) is 2.78. The summed E-state index contributed by atoms with van der Waals surface area (Å²) in [5.41, 5.74) is 1.43. The van der Waals surface area contributed by atoms with Crippen molar-refractivity contribution in [3.63, 3.8) is 0 Å². The van der Waals surface area contributed by atoms with Crippen LogP contribution in [0.3, 0.4) is 0 Å². The predicted molar refractivity (Wildman–Crippen MR) is 82.4 cm³/mol. The summed E-state index contributed by atoms with van der Waals surface area (Å²) in [6.07, 6.45) is 3.58. The van der Waals surface area contributed by atoms with Crippen LogP contribution in [0.5, 0.6) is 0 Å². The lowest BCUT2D eigenvalue weighted by atomic mass is 10.1. The van der Waals surface area contributed by atoms with Crippen LogP contribution in [-0.2, 0) is 0 Å². The number of rotatable bonds is 2. The van der Waals surface area contributed by atoms with Crippen molar-refractivity contribution in [1.29, 1.82) is 0 Å². The Bertz CT molecular complexity index is 638. The first-order valence-corrected chi connectivity index (χ1v) is 7.28. The Morgan fingerprint density at radius 3 is 2.95 bits per heavy atom. The molecule has 1 saturated heterocycles. The van der Waals surface area contributed by atoms with Gasteiger partial charge in [-0.3, -0.25) is 9.78 Å². The lowest BCUT2D eigenvalue weighted by Crippen LogP contribution is -2.42. The highest BCUT2D eigenvalue weighted by molar-refractivity contribution is 7.80. The summed E-state index contributed by atoms with van der Waals surface area (Å²) in [7, 11) is 0. The van der Waals surface area contributed by atoms with Crippen LogP contribution in [0.15, 0.2) is 35.4 Å². The van der Waals surface area contributed by atoms with Gasteiger partial charge in [0.05, 0.1) is 11.1 Å². The lowest BCUT2D eigenvalue weighted by molar-refractivity contribution is 0.0929. The molecule has 2 N–H and O–H groups in total. The van der Waals surface area contributed by atoms with Crippen molar-refractivity contribution in [2.45, 2.75) is 23.8 Å². The summed E-state index contributed by atoms with van der Waals surface area (Å²) < 4.78 is 0. The van der Waals surface area contributed by atoms with Gasteiger partial charge in [-0.1, -0.05) is 12.1 Å². The number of hydrogen-bond donors (Lipinski definition) is 3. The molecule has 1 aliphatic rings. The van der Waals surface area contributed by atoms with Crippen molar-refractivity contribution in [3.8, 4) is 0 Å². The van der Waals surface area contributed by atoms with Crippen LogP contribution >= 0.6 is 12.6 Å². The number of piperidine rings is 1. The Morgan fingerprint density at radius 2 is 2.15 bits per heavy atom. The first-order chi connectivity index (χ1) is 9.74. The molecule has 0 spiro atoms. The normalized spacial score (nSPS) is 16.2. The maximum atomic E-state index is 12.3. The molecule has 1 fully saturated rings. The molecule has 104 valence electrons. The van der Waals surface area contributed by atoms with Crippen molar-refractivity contribution in [2.24, 2.45) is 0 Å². The van der Waals surface area contributed by atoms with Crippen molar-refractivity contribution in [1.82, 2.24) is 15.6 Å². The summed E-state index contributed by atoms with van der Waals surface area (Å²) >= 11 is 4.37. The van der Waals surface area contributed by atoms with Crippen LogP contribution in [-0.4, -0.2) is 30.0 Å². The Labute approximate surface area is 123 Å². The van der Waals surface area contributed by atoms with Crippen molar-refractivity contribution >= 4 is 29.4 Å². The fraction of sp³-hybridized carbons (Fsp3) is 0.333. The van der Waals surface area contributed by atoms with Crippen LogP contribution in [0, 0.1) is 0 Å². The van der Waals surface area contributed by atoms with E-state index in [4.69, 9.17) is 0 Å². The van der Waals surface area contributed by atoms with Crippen molar-refractivity contribution in [2.75, 3.05) is 13.1 Å². The number of thiol groups is 1. The van der Waals surface area contributed by atoms with Crippen molar-refractivity contribution < 1.29 is 4.79 Å². The molecule has 3 rings (SSSR count). The monoisotopic (exact) mass is 287 g/mol. The van der Waals surface area contributed by atoms with Gasteiger partial charge in [-0.15, -0.1) is 12.6 Å². The minimum absolute atomic E-state index is 0.0455. The van der Waals surface area contributed by atoms with Crippen LogP contribution < -0.4 is 10.6 Å². The van der Waals surface area contributed by atoms with Gasteiger partial charge in [0.2, 0.25) is 0 Å². The molecule has 2 aromatic rings. The first kappa shape index (κ1) is 13.4. The van der Waals surface area contributed by atoms with Gasteiger partial charge in [0.25, 0.3) is 5.91 Å². The molecular formula is C15H17N3OS. The number of aromatic nitrogens is 1. The highest BCUT2D eigenvalue weighted by Crippen LogP contribution is 2.20. The zero-order valence-corrected chi connectivity index (χ0v) is 12.0. The Kier molecular flexibility index (Phi) is 3.89. The SMILES string of the molecule is O=C(NC1CCNCC1)c1cnc2c(S)cccc2c1. The number of nitrogens with zero attached hydrogens (tertiary/aromatic N) is 1. The van der Waals surface area contributed by atoms with E-state index in [1.807, 2.05) is 24.3 Å². The maximum absolute atomic E-state index is 12.3. The minimum Gasteiger partial charge on any atom is -0.349 e. The largest absolute Gasteiger partial charge is 0.349 e. The topological polar surface area (TPSA) is 54.0 Å². The molecule has 1 amide bonds. The first-order valence-electron chi connectivity index (χ1n) is 6.83. The average molecular weight is 287 g/mol. The number of hydrogen-bond acceptors (Lipinski definition) is 4. The van der Waals surface area contributed by atoms with Crippen LogP contribution in [0.25, 0.3) is 10.9 Å². The lowest BCUT2D eigenvalue weighted by Gasteiger charge is -2.23. The van der Waals surface area contributed by atoms with Gasteiger partial charge in [-0.05, 0) is 38.1 Å². The van der Waals surface area contributed by atoms with E-state index in [0.717, 1.165) is 41.7 Å². The smallest absolute Gasteiger partial charge is 0.253 e. The summed E-state index contributed by atoms with van der Waals surface area (Å²) in [5, 5.41) is 7.30. The number of nitrogens with one attached hydrogen (secondary N) is 2. The molecule has 5 heteroatoms. The molecule has 20 heavy (non-hydrogen) atoms. The molecule has 2 heterocycles. The quantitative estimate of drug-likeness (QED) is 0.741. The van der Waals surface area contributed by atoms with E-state index < -0.39 is 0 Å². The summed E-state index contributed by atoms with van der Waals surface area (Å²) in [6.45, 7) is 1.92. The number of pyridine rings is 1. The summed E-state index contributed by atoms with van der Waals surface area (Å²) in [5.74, 6) is -0.0455. The number of benzene rings is 1. The zero-order valence-electron chi connectivity index (χ0n) is 11.1. The number of para-hydroxylation sites is 1. The van der Waals surface area contributed by atoms with Crippen LogP contribution in [0.2, 0.25) is 0 Å². The summed E-state index contributed by atoms with van der Waals surface area (Å²) in [4.78, 5) is 17.4. The van der Waals surface area contributed by atoms with Crippen LogP contribution in [0.1, 0.15) is 23.2 Å². The molecule has 0 unspecified atom stereocenters. The molecule has 1 aromatic carbocycles. The average Bonchev–Trinajstić information content (AvgIpc) is 2.48. The van der Waals surface area contributed by atoms with E-state index >= 15 is 0 Å². The maximum Gasteiger partial charge on any atom is 0.253 e. The van der Waals surface area contributed by atoms with Gasteiger partial charge < -0.3 is 10.6 Å². The van der Waals surface area contributed by atoms with E-state index in [0.29, 0.717) is 5.56 Å². The Morgan fingerprint density at radius 1 is 1.35 bits per heavy atom. The van der Waals surface area contributed by atoms with Gasteiger partial charge in [0.1, 0.15) is 0 Å². The predicted octanol–water partition coefficient (Wildman–Crippen LogP) is 2.01. The van der Waals surface area contributed by atoms with Gasteiger partial charge >= 0.3 is 0 Å². The molecule has 0 aliphatic carbocycles. The van der Waals surface area contributed by atoms with E-state index in [1.165, 1.54) is 0 Å². The third-order valence-corrected chi connectivity index (χ3v) is 3.99. The highest BCUT2D eigenvalue weighted by Gasteiger charge is 2.16. The molecule has 0 radical (unpaired) electrons. The number of carbonyl (C=O) groups excluding carboxylic acids is 1. The molecule has 0 bridgehead atoms. The van der Waals surface area contributed by atoms with E-state index in [-0.39, 0.29) is 11.9 Å². The second-order valence-electron chi connectivity index (χ2n) is 5.07.